The molecule has 12 heteroatoms. The summed E-state index contributed by atoms with van der Waals surface area (Å²) in [5.74, 6) is -0.570. The third-order valence-corrected chi connectivity index (χ3v) is 8.15. The van der Waals surface area contributed by atoms with E-state index in [1.54, 1.807) is 41.6 Å². The number of piperidine rings is 1. The lowest BCUT2D eigenvalue weighted by Gasteiger charge is -2.40. The Morgan fingerprint density at radius 3 is 2.69 bits per heavy atom. The second kappa shape index (κ2) is 13.1. The zero-order valence-electron chi connectivity index (χ0n) is 23.9. The summed E-state index contributed by atoms with van der Waals surface area (Å²) in [5, 5.41) is 11.2. The first-order valence-electron chi connectivity index (χ1n) is 14.5. The van der Waals surface area contributed by atoms with E-state index in [0.29, 0.717) is 63.4 Å². The zero-order chi connectivity index (χ0) is 29.6. The fraction of sp³-hybridized carbons (Fsp3) is 0.467. The number of nitrogens with one attached hydrogen (secondary N) is 1. The molecule has 0 aliphatic carbocycles. The van der Waals surface area contributed by atoms with Crippen molar-refractivity contribution < 1.29 is 23.5 Å². The predicted molar refractivity (Wildman–Crippen MR) is 151 cm³/mol. The molecule has 42 heavy (non-hydrogen) atoms. The Labute approximate surface area is 244 Å². The zero-order valence-corrected chi connectivity index (χ0v) is 23.9. The molecule has 2 aliphatic heterocycles. The van der Waals surface area contributed by atoms with Crippen LogP contribution in [-0.4, -0.2) is 86.3 Å². The number of nitrogens with zero attached hydrogens (tertiary/aromatic N) is 6. The molecular weight excluding hydrogens is 541 g/mol. The number of hydrogen-bond acceptors (Lipinski definition) is 7. The van der Waals surface area contributed by atoms with Crippen molar-refractivity contribution in [1.82, 2.24) is 35.1 Å². The number of aromatic nitrogens is 4. The molecule has 1 N–H and O–H groups in total. The van der Waals surface area contributed by atoms with Crippen LogP contribution in [0.1, 0.15) is 49.2 Å². The fourth-order valence-electron chi connectivity index (χ4n) is 5.77. The summed E-state index contributed by atoms with van der Waals surface area (Å²) < 4.78 is 20.9. The van der Waals surface area contributed by atoms with E-state index in [2.05, 4.69) is 20.6 Å². The summed E-state index contributed by atoms with van der Waals surface area (Å²) in [4.78, 5) is 48.2. The Morgan fingerprint density at radius 1 is 1.14 bits per heavy atom. The first kappa shape index (κ1) is 29.2. The predicted octanol–water partition coefficient (Wildman–Crippen LogP) is 2.65. The van der Waals surface area contributed by atoms with Crippen LogP contribution in [0, 0.1) is 17.7 Å². The van der Waals surface area contributed by atoms with Gasteiger partial charge in [-0.3, -0.25) is 14.4 Å². The van der Waals surface area contributed by atoms with Gasteiger partial charge in [0.15, 0.2) is 0 Å². The van der Waals surface area contributed by atoms with Crippen LogP contribution >= 0.6 is 0 Å². The van der Waals surface area contributed by atoms with E-state index >= 15 is 0 Å². The van der Waals surface area contributed by atoms with Crippen LogP contribution < -0.4 is 10.1 Å². The summed E-state index contributed by atoms with van der Waals surface area (Å²) in [7, 11) is 0. The molecule has 3 aromatic rings. The topological polar surface area (TPSA) is 123 Å². The minimum atomic E-state index is -0.919. The monoisotopic (exact) mass is 577 g/mol. The highest BCUT2D eigenvalue weighted by Gasteiger charge is 2.37. The van der Waals surface area contributed by atoms with E-state index < -0.39 is 11.9 Å². The van der Waals surface area contributed by atoms with Crippen LogP contribution in [0.25, 0.3) is 5.69 Å². The average molecular weight is 578 g/mol. The van der Waals surface area contributed by atoms with Crippen LogP contribution in [0.3, 0.4) is 0 Å². The molecule has 0 saturated carbocycles. The number of benzene rings is 1. The van der Waals surface area contributed by atoms with Crippen LogP contribution in [0.2, 0.25) is 0 Å². The lowest BCUT2D eigenvalue weighted by molar-refractivity contribution is -0.137. The normalized spacial score (nSPS) is 20.9. The molecule has 3 amide bonds. The second-order valence-corrected chi connectivity index (χ2v) is 10.7. The van der Waals surface area contributed by atoms with E-state index in [1.807, 2.05) is 18.7 Å². The summed E-state index contributed by atoms with van der Waals surface area (Å²) >= 11 is 0. The molecule has 4 heterocycles. The summed E-state index contributed by atoms with van der Waals surface area (Å²) in [6.45, 7) is 6.54. The molecule has 2 bridgehead atoms. The van der Waals surface area contributed by atoms with E-state index in [4.69, 9.17) is 4.74 Å². The van der Waals surface area contributed by atoms with Gasteiger partial charge in [0.05, 0.1) is 24.2 Å². The number of hydrogen-bond donors (Lipinski definition) is 1. The van der Waals surface area contributed by atoms with Crippen LogP contribution in [0.15, 0.2) is 48.8 Å². The maximum Gasteiger partial charge on any atom is 0.257 e. The van der Waals surface area contributed by atoms with Gasteiger partial charge in [0.2, 0.25) is 17.7 Å². The molecular formula is C30H36FN7O4. The Balaban J connectivity index is 1.40. The largest absolute Gasteiger partial charge is 0.477 e. The number of fused-ring (bicyclic) bond motifs is 3. The maximum absolute atomic E-state index is 14.0. The molecule has 0 radical (unpaired) electrons. The minimum absolute atomic E-state index is 0.0458. The Kier molecular flexibility index (Phi) is 9.09. The van der Waals surface area contributed by atoms with E-state index in [-0.39, 0.29) is 47.3 Å². The maximum atomic E-state index is 14.0. The van der Waals surface area contributed by atoms with Gasteiger partial charge in [0.1, 0.15) is 17.4 Å². The highest BCUT2D eigenvalue weighted by atomic mass is 19.1. The van der Waals surface area contributed by atoms with Gasteiger partial charge < -0.3 is 19.9 Å². The van der Waals surface area contributed by atoms with Gasteiger partial charge in [-0.05, 0) is 74.9 Å². The average Bonchev–Trinajstić information content (AvgIpc) is 3.46. The third kappa shape index (κ3) is 6.58. The molecule has 222 valence electrons. The minimum Gasteiger partial charge on any atom is -0.477 e. The SMILES string of the molecule is CCN(CC)C(=O)C[C@@H]1CCN2C[C@@H]1CCOc1ncccc1C(=O)N[C@H](Cc1cn(-c3ccc(F)cc3)nn1)C2=O. The molecule has 2 aliphatic rings. The highest BCUT2D eigenvalue weighted by molar-refractivity contribution is 5.99. The van der Waals surface area contributed by atoms with Crippen molar-refractivity contribution in [3.8, 4) is 11.6 Å². The van der Waals surface area contributed by atoms with Crippen molar-refractivity contribution >= 4 is 17.7 Å². The highest BCUT2D eigenvalue weighted by Crippen LogP contribution is 2.31. The van der Waals surface area contributed by atoms with E-state index in [0.717, 1.165) is 0 Å². The van der Waals surface area contributed by atoms with Gasteiger partial charge >= 0.3 is 0 Å². The third-order valence-electron chi connectivity index (χ3n) is 8.15. The van der Waals surface area contributed by atoms with Crippen LogP contribution in [0.5, 0.6) is 5.88 Å². The van der Waals surface area contributed by atoms with Gasteiger partial charge in [0.25, 0.3) is 5.91 Å². The van der Waals surface area contributed by atoms with Crippen LogP contribution in [-0.2, 0) is 16.0 Å². The number of ether oxygens (including phenoxy) is 1. The quantitative estimate of drug-likeness (QED) is 0.458. The molecule has 1 aromatic carbocycles. The van der Waals surface area contributed by atoms with Crippen LogP contribution in [0.4, 0.5) is 4.39 Å². The fourth-order valence-corrected chi connectivity index (χ4v) is 5.77. The standard InChI is InChI=1S/C30H36FN7O4/c1-3-36(4-2)27(39)16-20-11-14-37-18-21(20)12-15-42-29-25(6-5-13-32-29)28(40)33-26(30(37)41)17-23-19-38(35-34-23)24-9-7-22(31)8-10-24/h5-10,13,19-21,26H,3-4,11-12,14-18H2,1-2H3,(H,33,40)/t20-,21-,26+/m0/s1. The number of rotatable bonds is 7. The van der Waals surface area contributed by atoms with Crippen molar-refractivity contribution in [2.75, 3.05) is 32.8 Å². The number of carbonyl (C=O) groups is 3. The first-order chi connectivity index (χ1) is 20.4. The Hall–Kier alpha value is -4.35. The van der Waals surface area contributed by atoms with Gasteiger partial charge in [-0.1, -0.05) is 5.21 Å². The molecule has 2 aromatic heterocycles. The summed E-state index contributed by atoms with van der Waals surface area (Å²) in [6, 6.07) is 8.16. The first-order valence-corrected chi connectivity index (χ1v) is 14.5. The van der Waals surface area contributed by atoms with Crippen molar-refractivity contribution in [2.24, 2.45) is 11.8 Å². The molecule has 11 nitrogen and oxygen atoms in total. The van der Waals surface area contributed by atoms with Crippen molar-refractivity contribution in [1.29, 1.82) is 0 Å². The summed E-state index contributed by atoms with van der Waals surface area (Å²) in [5.41, 5.74) is 1.34. The molecule has 0 unspecified atom stereocenters. The number of halogens is 1. The van der Waals surface area contributed by atoms with Gasteiger partial charge in [-0.25, -0.2) is 14.1 Å². The Morgan fingerprint density at radius 2 is 1.93 bits per heavy atom. The molecule has 5 rings (SSSR count). The number of carbonyl (C=O) groups excluding carboxylic acids is 3. The number of pyridine rings is 1. The van der Waals surface area contributed by atoms with Gasteiger partial charge in [-0.2, -0.15) is 0 Å². The molecule has 1 fully saturated rings. The lowest BCUT2D eigenvalue weighted by atomic mass is 9.80. The molecule has 3 atom stereocenters. The van der Waals surface area contributed by atoms with Gasteiger partial charge in [-0.15, -0.1) is 5.10 Å². The molecule has 1 saturated heterocycles. The Bertz CT molecular complexity index is 1410. The summed E-state index contributed by atoms with van der Waals surface area (Å²) in [6.07, 6.45) is 5.05. The number of amides is 3. The van der Waals surface area contributed by atoms with Crippen molar-refractivity contribution in [3.05, 3.63) is 65.9 Å². The van der Waals surface area contributed by atoms with E-state index in [1.165, 1.54) is 16.8 Å². The van der Waals surface area contributed by atoms with Crippen molar-refractivity contribution in [2.45, 2.75) is 45.6 Å². The second-order valence-electron chi connectivity index (χ2n) is 10.7. The van der Waals surface area contributed by atoms with E-state index in [9.17, 15) is 18.8 Å². The lowest BCUT2D eigenvalue weighted by Crippen LogP contribution is -2.54. The molecule has 0 spiro atoms. The van der Waals surface area contributed by atoms with Gasteiger partial charge in [0, 0.05) is 45.2 Å². The smallest absolute Gasteiger partial charge is 0.257 e. The van der Waals surface area contributed by atoms with Crippen molar-refractivity contribution in [3.63, 3.8) is 0 Å².